The van der Waals surface area contributed by atoms with Crippen molar-refractivity contribution < 1.29 is 18.3 Å². The fourth-order valence-electron chi connectivity index (χ4n) is 1.06. The molecule has 1 aromatic rings. The van der Waals surface area contributed by atoms with Crippen LogP contribution in [0.25, 0.3) is 0 Å². The maximum Gasteiger partial charge on any atom is 0.307 e. The number of carbonyl (C=O) groups is 1. The smallest absolute Gasteiger partial charge is 0.307 e. The molecule has 7 nitrogen and oxygen atoms in total. The lowest BCUT2D eigenvalue weighted by Crippen LogP contribution is -2.57. The second kappa shape index (κ2) is 4.16. The zero-order valence-corrected chi connectivity index (χ0v) is 9.02. The minimum Gasteiger partial charge on any atom is -0.481 e. The van der Waals surface area contributed by atoms with E-state index < -0.39 is 27.2 Å². The van der Waals surface area contributed by atoms with E-state index in [4.69, 9.17) is 16.6 Å². The minimum absolute atomic E-state index is 0.207. The first-order valence-electron chi connectivity index (χ1n) is 4.21. The standard InChI is InChI=1S/C8H11N3O4S/c9-8(10,4-7(12)13)16(14,15)6-2-1-3-11-5-6/h1-3,5H,4,9-10H2,(H,12,13). The predicted molar refractivity (Wildman–Crippen MR) is 54.8 cm³/mol. The first-order chi connectivity index (χ1) is 7.27. The Labute approximate surface area is 92.0 Å². The van der Waals surface area contributed by atoms with Gasteiger partial charge in [0.25, 0.3) is 0 Å². The van der Waals surface area contributed by atoms with E-state index in [0.29, 0.717) is 0 Å². The Balaban J connectivity index is 3.17. The summed E-state index contributed by atoms with van der Waals surface area (Å²) in [5.41, 5.74) is 10.6. The van der Waals surface area contributed by atoms with Crippen molar-refractivity contribution in [3.05, 3.63) is 24.5 Å². The second-order valence-corrected chi connectivity index (χ2v) is 5.46. The van der Waals surface area contributed by atoms with Gasteiger partial charge in [0.2, 0.25) is 9.84 Å². The van der Waals surface area contributed by atoms with Gasteiger partial charge in [-0.2, -0.15) is 0 Å². The van der Waals surface area contributed by atoms with Gasteiger partial charge in [0.05, 0.1) is 11.3 Å². The Morgan fingerprint density at radius 2 is 2.12 bits per heavy atom. The van der Waals surface area contributed by atoms with Crippen LogP contribution < -0.4 is 11.5 Å². The zero-order valence-electron chi connectivity index (χ0n) is 8.20. The number of pyridine rings is 1. The van der Waals surface area contributed by atoms with E-state index in [1.807, 2.05) is 0 Å². The van der Waals surface area contributed by atoms with Crippen LogP contribution in [0.15, 0.2) is 29.4 Å². The summed E-state index contributed by atoms with van der Waals surface area (Å²) in [5, 5.41) is 8.52. The molecule has 8 heteroatoms. The molecule has 0 spiro atoms. The van der Waals surface area contributed by atoms with Crippen molar-refractivity contribution in [3.8, 4) is 0 Å². The molecule has 0 aliphatic heterocycles. The van der Waals surface area contributed by atoms with Crippen molar-refractivity contribution in [3.63, 3.8) is 0 Å². The Bertz CT molecular complexity index is 483. The van der Waals surface area contributed by atoms with Gasteiger partial charge in [0.1, 0.15) is 0 Å². The molecule has 0 unspecified atom stereocenters. The molecular weight excluding hydrogens is 234 g/mol. The van der Waals surface area contributed by atoms with Crippen molar-refractivity contribution in [2.24, 2.45) is 11.5 Å². The highest BCUT2D eigenvalue weighted by molar-refractivity contribution is 7.92. The van der Waals surface area contributed by atoms with Crippen LogP contribution in [0.1, 0.15) is 6.42 Å². The molecule has 0 aromatic carbocycles. The summed E-state index contributed by atoms with van der Waals surface area (Å²) < 4.78 is 23.7. The van der Waals surface area contributed by atoms with Gasteiger partial charge in [-0.1, -0.05) is 0 Å². The lowest BCUT2D eigenvalue weighted by molar-refractivity contribution is -0.137. The number of hydrogen-bond acceptors (Lipinski definition) is 6. The number of nitrogens with two attached hydrogens (primary N) is 2. The Kier molecular flexibility index (Phi) is 3.27. The van der Waals surface area contributed by atoms with Gasteiger partial charge < -0.3 is 5.11 Å². The van der Waals surface area contributed by atoms with Crippen LogP contribution in [-0.2, 0) is 14.6 Å². The fraction of sp³-hybridized carbons (Fsp3) is 0.250. The number of carboxylic acids is 1. The van der Waals surface area contributed by atoms with E-state index in [0.717, 1.165) is 6.20 Å². The molecule has 0 bridgehead atoms. The molecule has 1 rings (SSSR count). The Morgan fingerprint density at radius 1 is 1.50 bits per heavy atom. The molecule has 0 aliphatic carbocycles. The maximum absolute atomic E-state index is 11.8. The monoisotopic (exact) mass is 245 g/mol. The maximum atomic E-state index is 11.8. The van der Waals surface area contributed by atoms with Crippen molar-refractivity contribution in [1.29, 1.82) is 0 Å². The van der Waals surface area contributed by atoms with Crippen LogP contribution in [0.4, 0.5) is 0 Å². The summed E-state index contributed by atoms with van der Waals surface area (Å²) >= 11 is 0. The number of hydrogen-bond donors (Lipinski definition) is 3. The lowest BCUT2D eigenvalue weighted by Gasteiger charge is -2.22. The van der Waals surface area contributed by atoms with Gasteiger partial charge in [-0.15, -0.1) is 0 Å². The summed E-state index contributed by atoms with van der Waals surface area (Å²) in [7, 11) is -4.12. The molecule has 0 saturated heterocycles. The molecule has 1 heterocycles. The van der Waals surface area contributed by atoms with Crippen LogP contribution in [0.2, 0.25) is 0 Å². The summed E-state index contributed by atoms with van der Waals surface area (Å²) in [6.07, 6.45) is 1.56. The largest absolute Gasteiger partial charge is 0.481 e. The molecule has 0 aliphatic rings. The molecular formula is C8H11N3O4S. The van der Waals surface area contributed by atoms with Crippen LogP contribution in [-0.4, -0.2) is 29.5 Å². The number of rotatable bonds is 4. The normalized spacial score (nSPS) is 12.4. The Hall–Kier alpha value is -1.51. The molecule has 0 atom stereocenters. The third-order valence-electron chi connectivity index (χ3n) is 1.87. The molecule has 88 valence electrons. The first kappa shape index (κ1) is 12.6. The van der Waals surface area contributed by atoms with E-state index in [9.17, 15) is 13.2 Å². The van der Waals surface area contributed by atoms with E-state index in [-0.39, 0.29) is 4.90 Å². The van der Waals surface area contributed by atoms with Gasteiger partial charge in [0, 0.05) is 12.4 Å². The molecule has 0 radical (unpaired) electrons. The van der Waals surface area contributed by atoms with Crippen LogP contribution in [0.5, 0.6) is 0 Å². The molecule has 16 heavy (non-hydrogen) atoms. The highest BCUT2D eigenvalue weighted by Gasteiger charge is 2.39. The lowest BCUT2D eigenvalue weighted by atomic mass is 10.4. The third-order valence-corrected chi connectivity index (χ3v) is 3.88. The van der Waals surface area contributed by atoms with E-state index in [1.165, 1.54) is 18.3 Å². The van der Waals surface area contributed by atoms with Gasteiger partial charge in [0.15, 0.2) is 4.99 Å². The van der Waals surface area contributed by atoms with Gasteiger partial charge in [-0.3, -0.25) is 21.2 Å². The average Bonchev–Trinajstić information content (AvgIpc) is 2.17. The topological polar surface area (TPSA) is 136 Å². The van der Waals surface area contributed by atoms with E-state index >= 15 is 0 Å². The summed E-state index contributed by atoms with van der Waals surface area (Å²) in [6.45, 7) is 0. The summed E-state index contributed by atoms with van der Waals surface area (Å²) in [4.78, 5) is 11.5. The number of aliphatic carboxylic acids is 1. The molecule has 1 aromatic heterocycles. The zero-order chi connectivity index (χ0) is 12.4. The predicted octanol–water partition coefficient (Wildman–Crippen LogP) is -1.10. The quantitative estimate of drug-likeness (QED) is 0.572. The third kappa shape index (κ3) is 2.35. The van der Waals surface area contributed by atoms with Crippen LogP contribution in [0, 0.1) is 0 Å². The minimum atomic E-state index is -4.12. The number of carboxylic acid groups (broad SMARTS) is 1. The molecule has 0 fully saturated rings. The van der Waals surface area contributed by atoms with Crippen molar-refractivity contribution in [1.82, 2.24) is 4.98 Å². The highest BCUT2D eigenvalue weighted by atomic mass is 32.2. The summed E-state index contributed by atoms with van der Waals surface area (Å²) in [5.74, 6) is -1.39. The van der Waals surface area contributed by atoms with E-state index in [1.54, 1.807) is 0 Å². The number of sulfone groups is 1. The first-order valence-corrected chi connectivity index (χ1v) is 5.70. The van der Waals surface area contributed by atoms with Gasteiger partial charge >= 0.3 is 5.97 Å². The van der Waals surface area contributed by atoms with Gasteiger partial charge in [-0.05, 0) is 12.1 Å². The number of aromatic nitrogens is 1. The molecule has 0 saturated carbocycles. The Morgan fingerprint density at radius 3 is 2.56 bits per heavy atom. The van der Waals surface area contributed by atoms with Crippen LogP contribution >= 0.6 is 0 Å². The molecule has 5 N–H and O–H groups in total. The summed E-state index contributed by atoms with van der Waals surface area (Å²) in [6, 6.07) is 2.64. The van der Waals surface area contributed by atoms with Crippen molar-refractivity contribution in [2.75, 3.05) is 0 Å². The second-order valence-electron chi connectivity index (χ2n) is 3.22. The van der Waals surface area contributed by atoms with Crippen molar-refractivity contribution >= 4 is 15.8 Å². The SMILES string of the molecule is NC(N)(CC(=O)O)S(=O)(=O)c1cccnc1. The average molecular weight is 245 g/mol. The van der Waals surface area contributed by atoms with Gasteiger partial charge in [-0.25, -0.2) is 8.42 Å². The van der Waals surface area contributed by atoms with Crippen LogP contribution in [0.3, 0.4) is 0 Å². The van der Waals surface area contributed by atoms with Crippen molar-refractivity contribution in [2.45, 2.75) is 16.3 Å². The number of nitrogens with zero attached hydrogens (tertiary/aromatic N) is 1. The highest BCUT2D eigenvalue weighted by Crippen LogP contribution is 2.19. The van der Waals surface area contributed by atoms with E-state index in [2.05, 4.69) is 4.98 Å². The molecule has 0 amide bonds. The fourth-order valence-corrected chi connectivity index (χ4v) is 2.27.